The fourth-order valence-corrected chi connectivity index (χ4v) is 0.960. The van der Waals surface area contributed by atoms with Gasteiger partial charge in [0.15, 0.2) is 0 Å². The van der Waals surface area contributed by atoms with Gasteiger partial charge < -0.3 is 0 Å². The van der Waals surface area contributed by atoms with Gasteiger partial charge in [-0.25, -0.2) is 0 Å². The Morgan fingerprint density at radius 1 is 1.22 bits per heavy atom. The lowest BCUT2D eigenvalue weighted by Gasteiger charge is -2.02. The van der Waals surface area contributed by atoms with Crippen molar-refractivity contribution in [3.05, 3.63) is 0 Å². The van der Waals surface area contributed by atoms with Crippen molar-refractivity contribution in [2.75, 3.05) is 18.3 Å². The minimum atomic E-state index is -3.96. The van der Waals surface area contributed by atoms with Gasteiger partial charge in [0.25, 0.3) is 0 Å². The Kier molecular flexibility index (Phi) is 3.40. The van der Waals surface area contributed by atoms with E-state index in [1.54, 1.807) is 0 Å². The smallest absolute Gasteiger partial charge is 0.171 e. The van der Waals surface area contributed by atoms with E-state index in [4.69, 9.17) is 0 Å². The second kappa shape index (κ2) is 3.34. The summed E-state index contributed by atoms with van der Waals surface area (Å²) in [5, 5.41) is 0. The highest BCUT2D eigenvalue weighted by atomic mass is 32.2. The van der Waals surface area contributed by atoms with E-state index in [9.17, 15) is 13.2 Å². The third-order valence-corrected chi connectivity index (χ3v) is 1.81. The summed E-state index contributed by atoms with van der Waals surface area (Å²) in [5.41, 5.74) is 0. The van der Waals surface area contributed by atoms with Gasteiger partial charge in [-0.1, -0.05) is 0 Å². The molecule has 0 nitrogen and oxygen atoms in total. The SMILES string of the molecule is C[S+](C)CCC(F)(F)F. The molecule has 0 spiro atoms. The first kappa shape index (κ1) is 9.14. The monoisotopic (exact) mass is 159 g/mol. The molecule has 0 radical (unpaired) electrons. The summed E-state index contributed by atoms with van der Waals surface area (Å²) in [6.45, 7) is 0. The molecule has 0 aromatic rings. The maximum Gasteiger partial charge on any atom is 0.393 e. The molecule has 0 N–H and O–H groups in total. The van der Waals surface area contributed by atoms with Crippen molar-refractivity contribution in [3.63, 3.8) is 0 Å². The molecule has 0 aliphatic heterocycles. The molecule has 0 aromatic heterocycles. The van der Waals surface area contributed by atoms with E-state index in [1.807, 2.05) is 12.5 Å². The van der Waals surface area contributed by atoms with Gasteiger partial charge in [0.05, 0.1) is 18.9 Å². The normalized spacial score (nSPS) is 12.7. The van der Waals surface area contributed by atoms with Crippen molar-refractivity contribution in [3.8, 4) is 0 Å². The number of hydrogen-bond donors (Lipinski definition) is 0. The van der Waals surface area contributed by atoms with Crippen molar-refractivity contribution in [1.29, 1.82) is 0 Å². The number of rotatable bonds is 2. The molecule has 9 heavy (non-hydrogen) atoms. The fraction of sp³-hybridized carbons (Fsp3) is 1.00. The van der Waals surface area contributed by atoms with E-state index in [0.717, 1.165) is 0 Å². The molecule has 0 aliphatic rings. The Hall–Kier alpha value is 0.140. The standard InChI is InChI=1S/C5H10F3S/c1-9(2)4-3-5(6,7)8/h3-4H2,1-2H3/q+1. The lowest BCUT2D eigenvalue weighted by atomic mass is 10.5. The average Bonchev–Trinajstić information content (AvgIpc) is 1.59. The van der Waals surface area contributed by atoms with Crippen molar-refractivity contribution >= 4 is 10.9 Å². The van der Waals surface area contributed by atoms with E-state index >= 15 is 0 Å². The second-order valence-electron chi connectivity index (χ2n) is 2.05. The second-order valence-corrected chi connectivity index (χ2v) is 4.43. The van der Waals surface area contributed by atoms with E-state index < -0.39 is 12.6 Å². The van der Waals surface area contributed by atoms with E-state index in [2.05, 4.69) is 0 Å². The van der Waals surface area contributed by atoms with Crippen LogP contribution in [0.1, 0.15) is 6.42 Å². The Balaban J connectivity index is 3.28. The molecule has 56 valence electrons. The van der Waals surface area contributed by atoms with Crippen LogP contribution in [0.5, 0.6) is 0 Å². The molecule has 0 fully saturated rings. The highest BCUT2D eigenvalue weighted by molar-refractivity contribution is 7.95. The highest BCUT2D eigenvalue weighted by Crippen LogP contribution is 2.19. The maximum absolute atomic E-state index is 11.4. The summed E-state index contributed by atoms with van der Waals surface area (Å²) in [7, 11) is -0.0820. The molecule has 0 unspecified atom stereocenters. The van der Waals surface area contributed by atoms with Crippen LogP contribution >= 0.6 is 0 Å². The molecule has 0 bridgehead atoms. The van der Waals surface area contributed by atoms with Gasteiger partial charge in [0.1, 0.15) is 5.75 Å². The summed E-state index contributed by atoms with van der Waals surface area (Å²) in [4.78, 5) is 0. The quantitative estimate of drug-likeness (QED) is 0.539. The van der Waals surface area contributed by atoms with Crippen LogP contribution in [0.2, 0.25) is 0 Å². The highest BCUT2D eigenvalue weighted by Gasteiger charge is 2.29. The van der Waals surface area contributed by atoms with Crippen molar-refractivity contribution in [2.45, 2.75) is 12.6 Å². The Labute approximate surface area is 55.8 Å². The van der Waals surface area contributed by atoms with Crippen LogP contribution in [0.3, 0.4) is 0 Å². The lowest BCUT2D eigenvalue weighted by Crippen LogP contribution is -2.14. The number of halogens is 3. The summed E-state index contributed by atoms with van der Waals surface area (Å²) in [6, 6.07) is 0. The van der Waals surface area contributed by atoms with E-state index in [1.165, 1.54) is 0 Å². The van der Waals surface area contributed by atoms with Crippen LogP contribution in [0, 0.1) is 0 Å². The Morgan fingerprint density at radius 2 is 1.67 bits per heavy atom. The van der Waals surface area contributed by atoms with Crippen LogP contribution in [-0.2, 0) is 10.9 Å². The average molecular weight is 159 g/mol. The van der Waals surface area contributed by atoms with Gasteiger partial charge in [-0.3, -0.25) is 0 Å². The molecule has 0 rings (SSSR count). The third kappa shape index (κ3) is 8.14. The Morgan fingerprint density at radius 3 is 1.78 bits per heavy atom. The zero-order valence-electron chi connectivity index (χ0n) is 5.46. The summed E-state index contributed by atoms with van der Waals surface area (Å²) in [5.74, 6) is 0.267. The van der Waals surface area contributed by atoms with Gasteiger partial charge in [0.2, 0.25) is 0 Å². The lowest BCUT2D eigenvalue weighted by molar-refractivity contribution is -0.129. The summed E-state index contributed by atoms with van der Waals surface area (Å²) in [6.07, 6.45) is -0.974. The number of alkyl halides is 3. The van der Waals surface area contributed by atoms with Gasteiger partial charge >= 0.3 is 6.18 Å². The maximum atomic E-state index is 11.4. The van der Waals surface area contributed by atoms with Gasteiger partial charge in [-0.05, 0) is 10.9 Å². The largest absolute Gasteiger partial charge is 0.393 e. The zero-order chi connectivity index (χ0) is 7.49. The predicted octanol–water partition coefficient (Wildman–Crippen LogP) is 1.82. The van der Waals surface area contributed by atoms with Crippen LogP contribution in [0.25, 0.3) is 0 Å². The van der Waals surface area contributed by atoms with Crippen molar-refractivity contribution in [1.82, 2.24) is 0 Å². The fourth-order valence-electron chi connectivity index (χ4n) is 0.320. The van der Waals surface area contributed by atoms with E-state index in [-0.39, 0.29) is 16.6 Å². The molecule has 0 atom stereocenters. The molecule has 4 heteroatoms. The molecule has 0 aromatic carbocycles. The molecule has 0 amide bonds. The van der Waals surface area contributed by atoms with Gasteiger partial charge in [-0.15, -0.1) is 0 Å². The van der Waals surface area contributed by atoms with Crippen LogP contribution in [0.15, 0.2) is 0 Å². The third-order valence-electron chi connectivity index (χ3n) is 0.794. The Bertz CT molecular complexity index is 76.8. The summed E-state index contributed by atoms with van der Waals surface area (Å²) >= 11 is 0. The van der Waals surface area contributed by atoms with E-state index in [0.29, 0.717) is 0 Å². The molecule has 0 saturated carbocycles. The zero-order valence-corrected chi connectivity index (χ0v) is 6.27. The predicted molar refractivity (Wildman–Crippen MR) is 34.8 cm³/mol. The van der Waals surface area contributed by atoms with Gasteiger partial charge in [-0.2, -0.15) is 13.2 Å². The first-order valence-corrected chi connectivity index (χ1v) is 4.74. The topological polar surface area (TPSA) is 0 Å². The van der Waals surface area contributed by atoms with Gasteiger partial charge in [0, 0.05) is 0 Å². The van der Waals surface area contributed by atoms with Crippen LogP contribution < -0.4 is 0 Å². The first-order chi connectivity index (χ1) is 3.92. The minimum absolute atomic E-state index is 0.0820. The molecule has 0 aliphatic carbocycles. The molecular weight excluding hydrogens is 149 g/mol. The molecule has 0 saturated heterocycles. The molecular formula is C5H10F3S+. The minimum Gasteiger partial charge on any atom is -0.171 e. The molecule has 0 heterocycles. The first-order valence-electron chi connectivity index (χ1n) is 2.53. The van der Waals surface area contributed by atoms with Crippen molar-refractivity contribution < 1.29 is 13.2 Å². The summed E-state index contributed by atoms with van der Waals surface area (Å²) < 4.78 is 34.3. The van der Waals surface area contributed by atoms with Crippen LogP contribution in [-0.4, -0.2) is 24.4 Å². The van der Waals surface area contributed by atoms with Crippen LogP contribution in [0.4, 0.5) is 13.2 Å². The van der Waals surface area contributed by atoms with Crippen molar-refractivity contribution in [2.24, 2.45) is 0 Å². The number of hydrogen-bond acceptors (Lipinski definition) is 0.